The van der Waals surface area contributed by atoms with Crippen LogP contribution in [0.5, 0.6) is 0 Å². The quantitative estimate of drug-likeness (QED) is 0.904. The van der Waals surface area contributed by atoms with Gasteiger partial charge in [-0.1, -0.05) is 16.8 Å². The van der Waals surface area contributed by atoms with Crippen LogP contribution in [0.2, 0.25) is 5.02 Å². The van der Waals surface area contributed by atoms with Crippen LogP contribution in [0.3, 0.4) is 0 Å². The number of nitrogens with one attached hydrogen (secondary N) is 2. The van der Waals surface area contributed by atoms with E-state index in [1.807, 2.05) is 26.0 Å². The first-order valence-electron chi connectivity index (χ1n) is 6.81. The number of carbonyl (C=O) groups excluding carboxylic acids is 1. The van der Waals surface area contributed by atoms with Gasteiger partial charge in [-0.15, -0.1) is 10.2 Å². The second-order valence-electron chi connectivity index (χ2n) is 5.61. The molecule has 0 unspecified atom stereocenters. The Kier molecular flexibility index (Phi) is 3.41. The molecule has 1 fully saturated rings. The molecule has 1 heterocycles. The number of aromatic nitrogens is 4. The number of hydrogen-bond acceptors (Lipinski definition) is 4. The monoisotopic (exact) mass is 305 g/mol. The molecule has 0 radical (unpaired) electrons. The van der Waals surface area contributed by atoms with E-state index in [0.29, 0.717) is 23.0 Å². The first-order valence-corrected chi connectivity index (χ1v) is 7.18. The summed E-state index contributed by atoms with van der Waals surface area (Å²) in [6, 6.07) is 3.64. The van der Waals surface area contributed by atoms with Gasteiger partial charge in [0.15, 0.2) is 5.82 Å². The van der Waals surface area contributed by atoms with Gasteiger partial charge >= 0.3 is 0 Å². The number of halogens is 1. The molecule has 0 bridgehead atoms. The summed E-state index contributed by atoms with van der Waals surface area (Å²) in [5, 5.41) is 17.8. The van der Waals surface area contributed by atoms with Crippen LogP contribution in [0.25, 0.3) is 0 Å². The lowest BCUT2D eigenvalue weighted by atomic mass is 10.0. The molecule has 2 N–H and O–H groups in total. The van der Waals surface area contributed by atoms with Crippen LogP contribution in [0.1, 0.15) is 40.2 Å². The van der Waals surface area contributed by atoms with Gasteiger partial charge in [-0.05, 0) is 49.9 Å². The van der Waals surface area contributed by atoms with Crippen LogP contribution >= 0.6 is 11.6 Å². The minimum Gasteiger partial charge on any atom is -0.351 e. The van der Waals surface area contributed by atoms with Crippen molar-refractivity contribution in [3.8, 4) is 0 Å². The Morgan fingerprint density at radius 3 is 2.76 bits per heavy atom. The van der Waals surface area contributed by atoms with E-state index >= 15 is 0 Å². The van der Waals surface area contributed by atoms with E-state index in [0.717, 1.165) is 24.0 Å². The van der Waals surface area contributed by atoms with Crippen molar-refractivity contribution in [1.29, 1.82) is 0 Å². The Morgan fingerprint density at radius 2 is 2.14 bits per heavy atom. The van der Waals surface area contributed by atoms with Gasteiger partial charge in [0, 0.05) is 17.1 Å². The molecule has 1 aromatic heterocycles. The number of hydrogen-bond donors (Lipinski definition) is 2. The molecule has 1 aliphatic carbocycles. The number of H-pyrrole nitrogens is 1. The van der Waals surface area contributed by atoms with Gasteiger partial charge in [0.1, 0.15) is 0 Å². The van der Waals surface area contributed by atoms with Gasteiger partial charge < -0.3 is 5.32 Å². The third-order valence-electron chi connectivity index (χ3n) is 4.01. The summed E-state index contributed by atoms with van der Waals surface area (Å²) in [6.07, 6.45) is 1.93. The number of nitrogens with zero attached hydrogens (tertiary/aromatic N) is 3. The number of amides is 1. The van der Waals surface area contributed by atoms with Gasteiger partial charge in [0.25, 0.3) is 5.91 Å². The van der Waals surface area contributed by atoms with Gasteiger partial charge in [-0.25, -0.2) is 0 Å². The SMILES string of the molecule is Cc1cc(C(=O)NCC2(c3nn[nH]n3)CC2)c(C)cc1Cl. The average Bonchev–Trinajstić information content (AvgIpc) is 3.03. The highest BCUT2D eigenvalue weighted by atomic mass is 35.5. The molecule has 0 atom stereocenters. The molecule has 21 heavy (non-hydrogen) atoms. The molecule has 6 nitrogen and oxygen atoms in total. The average molecular weight is 306 g/mol. The predicted molar refractivity (Wildman–Crippen MR) is 78.3 cm³/mol. The molecule has 0 saturated heterocycles. The van der Waals surface area contributed by atoms with Crippen molar-refractivity contribution in [2.45, 2.75) is 32.1 Å². The molecule has 2 aromatic rings. The van der Waals surface area contributed by atoms with Crippen molar-refractivity contribution in [3.05, 3.63) is 39.7 Å². The second-order valence-corrected chi connectivity index (χ2v) is 6.02. The predicted octanol–water partition coefficient (Wildman–Crippen LogP) is 1.93. The van der Waals surface area contributed by atoms with Gasteiger partial charge in [-0.3, -0.25) is 4.79 Å². The Balaban J connectivity index is 1.72. The van der Waals surface area contributed by atoms with Crippen molar-refractivity contribution >= 4 is 17.5 Å². The lowest BCUT2D eigenvalue weighted by Gasteiger charge is -2.14. The lowest BCUT2D eigenvalue weighted by Crippen LogP contribution is -2.33. The second kappa shape index (κ2) is 5.11. The molecule has 1 aromatic carbocycles. The number of rotatable bonds is 4. The van der Waals surface area contributed by atoms with E-state index in [1.165, 1.54) is 0 Å². The molecule has 3 rings (SSSR count). The lowest BCUT2D eigenvalue weighted by molar-refractivity contribution is 0.0948. The number of benzene rings is 1. The summed E-state index contributed by atoms with van der Waals surface area (Å²) in [7, 11) is 0. The highest BCUT2D eigenvalue weighted by Crippen LogP contribution is 2.45. The van der Waals surface area contributed by atoms with Crippen molar-refractivity contribution in [2.24, 2.45) is 0 Å². The molecule has 1 aliphatic rings. The third kappa shape index (κ3) is 2.63. The van der Waals surface area contributed by atoms with E-state index in [-0.39, 0.29) is 11.3 Å². The van der Waals surface area contributed by atoms with Crippen molar-refractivity contribution in [1.82, 2.24) is 25.9 Å². The Hall–Kier alpha value is -1.95. The maximum absolute atomic E-state index is 12.4. The minimum atomic E-state index is -0.155. The van der Waals surface area contributed by atoms with Crippen LogP contribution in [0, 0.1) is 13.8 Å². The fraction of sp³-hybridized carbons (Fsp3) is 0.429. The van der Waals surface area contributed by atoms with Gasteiger partial charge in [0.05, 0.1) is 5.41 Å². The standard InChI is InChI=1S/C14H16ClN5O/c1-8-6-11(15)9(2)5-10(8)12(21)16-7-14(3-4-14)13-17-19-20-18-13/h5-6H,3-4,7H2,1-2H3,(H,16,21)(H,17,18,19,20). The first-order chi connectivity index (χ1) is 10.0. The summed E-state index contributed by atoms with van der Waals surface area (Å²) in [6.45, 7) is 4.29. The van der Waals surface area contributed by atoms with E-state index in [4.69, 9.17) is 11.6 Å². The van der Waals surface area contributed by atoms with E-state index in [2.05, 4.69) is 25.9 Å². The number of aromatic amines is 1. The number of carbonyl (C=O) groups is 1. The van der Waals surface area contributed by atoms with Crippen LogP contribution in [-0.4, -0.2) is 33.1 Å². The van der Waals surface area contributed by atoms with Crippen molar-refractivity contribution in [3.63, 3.8) is 0 Å². The number of aryl methyl sites for hydroxylation is 2. The zero-order valence-corrected chi connectivity index (χ0v) is 12.7. The summed E-state index contributed by atoms with van der Waals surface area (Å²) < 4.78 is 0. The molecule has 1 amide bonds. The molecule has 110 valence electrons. The normalized spacial score (nSPS) is 15.8. The van der Waals surface area contributed by atoms with Crippen LogP contribution in [-0.2, 0) is 5.41 Å². The zero-order valence-electron chi connectivity index (χ0n) is 11.9. The Morgan fingerprint density at radius 1 is 1.38 bits per heavy atom. The smallest absolute Gasteiger partial charge is 0.251 e. The minimum absolute atomic E-state index is 0.0953. The number of tetrazole rings is 1. The third-order valence-corrected chi connectivity index (χ3v) is 4.42. The molecular weight excluding hydrogens is 290 g/mol. The fourth-order valence-corrected chi connectivity index (χ4v) is 2.61. The Labute approximate surface area is 127 Å². The van der Waals surface area contributed by atoms with E-state index in [9.17, 15) is 4.79 Å². The molecule has 1 saturated carbocycles. The highest BCUT2D eigenvalue weighted by Gasteiger charge is 2.48. The van der Waals surface area contributed by atoms with Crippen LogP contribution < -0.4 is 5.32 Å². The molecular formula is C14H16ClN5O. The van der Waals surface area contributed by atoms with Gasteiger partial charge in [0.2, 0.25) is 0 Å². The maximum Gasteiger partial charge on any atom is 0.251 e. The summed E-state index contributed by atoms with van der Waals surface area (Å²) in [5.74, 6) is 0.578. The maximum atomic E-state index is 12.4. The Bertz CT molecular complexity index is 679. The summed E-state index contributed by atoms with van der Waals surface area (Å²) in [5.41, 5.74) is 2.26. The van der Waals surface area contributed by atoms with Crippen molar-refractivity contribution in [2.75, 3.05) is 6.54 Å². The van der Waals surface area contributed by atoms with Crippen molar-refractivity contribution < 1.29 is 4.79 Å². The summed E-state index contributed by atoms with van der Waals surface area (Å²) in [4.78, 5) is 12.4. The topological polar surface area (TPSA) is 83.6 Å². The van der Waals surface area contributed by atoms with E-state index < -0.39 is 0 Å². The van der Waals surface area contributed by atoms with E-state index in [1.54, 1.807) is 0 Å². The largest absolute Gasteiger partial charge is 0.351 e. The molecule has 0 aliphatic heterocycles. The molecule has 7 heteroatoms. The zero-order chi connectivity index (χ0) is 15.0. The highest BCUT2D eigenvalue weighted by molar-refractivity contribution is 6.31. The molecule has 0 spiro atoms. The van der Waals surface area contributed by atoms with Crippen LogP contribution in [0.15, 0.2) is 12.1 Å². The summed E-state index contributed by atoms with van der Waals surface area (Å²) >= 11 is 6.06. The van der Waals surface area contributed by atoms with Gasteiger partial charge in [-0.2, -0.15) is 5.21 Å². The first kappa shape index (κ1) is 14.0. The fourth-order valence-electron chi connectivity index (χ4n) is 2.39. The van der Waals surface area contributed by atoms with Crippen LogP contribution in [0.4, 0.5) is 0 Å².